The van der Waals surface area contributed by atoms with Gasteiger partial charge in [0.1, 0.15) is 5.76 Å². The second kappa shape index (κ2) is 7.36. The zero-order valence-corrected chi connectivity index (χ0v) is 13.5. The van der Waals surface area contributed by atoms with Crippen LogP contribution in [0.5, 0.6) is 0 Å². The van der Waals surface area contributed by atoms with E-state index in [4.69, 9.17) is 4.74 Å². The van der Waals surface area contributed by atoms with Gasteiger partial charge in [-0.1, -0.05) is 38.0 Å². The third-order valence-corrected chi connectivity index (χ3v) is 3.52. The first-order valence-electron chi connectivity index (χ1n) is 7.30. The maximum absolute atomic E-state index is 6.02. The van der Waals surface area contributed by atoms with Gasteiger partial charge < -0.3 is 4.74 Å². The summed E-state index contributed by atoms with van der Waals surface area (Å²) in [5.41, 5.74) is 4.59. The highest BCUT2D eigenvalue weighted by Crippen LogP contribution is 2.37. The molecule has 116 valence electrons. The molecule has 2 rings (SSSR count). The van der Waals surface area contributed by atoms with Crippen molar-refractivity contribution in [2.45, 2.75) is 13.8 Å². The average molecular weight is 304 g/mol. The van der Waals surface area contributed by atoms with E-state index in [2.05, 4.69) is 29.7 Å². The Morgan fingerprint density at radius 1 is 1.26 bits per heavy atom. The van der Waals surface area contributed by atoms with Crippen molar-refractivity contribution >= 4 is 11.5 Å². The maximum Gasteiger partial charge on any atom is 0.226 e. The molecule has 0 amide bonds. The quantitative estimate of drug-likeness (QED) is 0.717. The van der Waals surface area contributed by atoms with Crippen LogP contribution >= 0.6 is 0 Å². The van der Waals surface area contributed by atoms with Crippen LogP contribution in [0.4, 0.5) is 0 Å². The van der Waals surface area contributed by atoms with Gasteiger partial charge in [0.25, 0.3) is 0 Å². The third-order valence-electron chi connectivity index (χ3n) is 3.52. The third kappa shape index (κ3) is 3.29. The second-order valence-corrected chi connectivity index (χ2v) is 4.97. The summed E-state index contributed by atoms with van der Waals surface area (Å²) in [6.45, 7) is 15.3. The second-order valence-electron chi connectivity index (χ2n) is 4.97. The summed E-state index contributed by atoms with van der Waals surface area (Å²) >= 11 is 0. The lowest BCUT2D eigenvalue weighted by Crippen LogP contribution is -2.01. The van der Waals surface area contributed by atoms with E-state index in [0.29, 0.717) is 5.90 Å². The minimum Gasteiger partial charge on any atom is -0.437 e. The zero-order chi connectivity index (χ0) is 16.8. The monoisotopic (exact) mass is 304 g/mol. The van der Waals surface area contributed by atoms with Gasteiger partial charge in [-0.2, -0.15) is 0 Å². The zero-order valence-electron chi connectivity index (χ0n) is 13.5. The van der Waals surface area contributed by atoms with Crippen molar-refractivity contribution in [1.82, 2.24) is 4.98 Å². The van der Waals surface area contributed by atoms with Crippen LogP contribution < -0.4 is 0 Å². The molecule has 0 spiro atoms. The van der Waals surface area contributed by atoms with Crippen molar-refractivity contribution in [3.8, 4) is 0 Å². The molecule has 0 unspecified atom stereocenters. The van der Waals surface area contributed by atoms with Crippen LogP contribution in [-0.2, 0) is 4.74 Å². The highest BCUT2D eigenvalue weighted by Gasteiger charge is 2.28. The molecular weight excluding hydrogens is 284 g/mol. The Kier molecular flexibility index (Phi) is 5.26. The number of pyridine rings is 1. The molecule has 0 saturated carbocycles. The molecule has 1 aromatic heterocycles. The lowest BCUT2D eigenvalue weighted by molar-refractivity contribution is 0.452. The summed E-state index contributed by atoms with van der Waals surface area (Å²) in [6.07, 6.45) is 8.62. The minimum atomic E-state index is 0.512. The lowest BCUT2D eigenvalue weighted by Gasteiger charge is -2.11. The molecular formula is C20H20N2O. The molecule has 3 nitrogen and oxygen atoms in total. The molecule has 2 heterocycles. The van der Waals surface area contributed by atoms with Crippen LogP contribution in [0.25, 0.3) is 5.57 Å². The molecule has 1 aliphatic rings. The molecule has 23 heavy (non-hydrogen) atoms. The molecule has 0 atom stereocenters. The Bertz CT molecular complexity index is 762. The van der Waals surface area contributed by atoms with Crippen molar-refractivity contribution in [3.05, 3.63) is 96.7 Å². The Balaban J connectivity index is 2.68. The van der Waals surface area contributed by atoms with Gasteiger partial charge in [0.15, 0.2) is 0 Å². The number of aromatic nitrogens is 1. The summed E-state index contributed by atoms with van der Waals surface area (Å²) in [6, 6.07) is 5.78. The van der Waals surface area contributed by atoms with E-state index in [1.54, 1.807) is 18.3 Å². The molecule has 3 heteroatoms. The van der Waals surface area contributed by atoms with Gasteiger partial charge in [-0.05, 0) is 37.6 Å². The van der Waals surface area contributed by atoms with Crippen molar-refractivity contribution < 1.29 is 4.74 Å². The molecule has 0 bridgehead atoms. The predicted molar refractivity (Wildman–Crippen MR) is 96.7 cm³/mol. The molecule has 0 aliphatic carbocycles. The number of rotatable bonds is 5. The van der Waals surface area contributed by atoms with Crippen LogP contribution in [0.15, 0.2) is 96.0 Å². The van der Waals surface area contributed by atoms with Crippen molar-refractivity contribution in [2.75, 3.05) is 0 Å². The largest absolute Gasteiger partial charge is 0.437 e. The normalized spacial score (nSPS) is 18.7. The molecule has 0 saturated heterocycles. The van der Waals surface area contributed by atoms with Gasteiger partial charge in [0.05, 0.1) is 5.69 Å². The van der Waals surface area contributed by atoms with Crippen molar-refractivity contribution in [1.29, 1.82) is 0 Å². The van der Waals surface area contributed by atoms with E-state index in [-0.39, 0.29) is 0 Å². The first-order valence-corrected chi connectivity index (χ1v) is 7.30. The summed E-state index contributed by atoms with van der Waals surface area (Å²) < 4.78 is 6.02. The van der Waals surface area contributed by atoms with Crippen LogP contribution in [0.1, 0.15) is 19.5 Å². The molecule has 0 fully saturated rings. The number of hydrogen-bond acceptors (Lipinski definition) is 3. The number of hydrogen-bond donors (Lipinski definition) is 0. The Hall–Kier alpha value is -2.94. The lowest BCUT2D eigenvalue weighted by atomic mass is 9.98. The molecule has 1 aromatic rings. The van der Waals surface area contributed by atoms with E-state index < -0.39 is 0 Å². The van der Waals surface area contributed by atoms with Gasteiger partial charge in [-0.3, -0.25) is 4.98 Å². The van der Waals surface area contributed by atoms with Crippen LogP contribution in [0.3, 0.4) is 0 Å². The molecule has 0 N–H and O–H groups in total. The topological polar surface area (TPSA) is 34.5 Å². The number of allylic oxidation sites excluding steroid dienone is 5. The van der Waals surface area contributed by atoms with E-state index in [0.717, 1.165) is 33.7 Å². The van der Waals surface area contributed by atoms with Crippen molar-refractivity contribution in [2.24, 2.45) is 4.99 Å². The fourth-order valence-corrected chi connectivity index (χ4v) is 2.35. The van der Waals surface area contributed by atoms with Gasteiger partial charge in [0.2, 0.25) is 5.90 Å². The fraction of sp³-hybridized carbons (Fsp3) is 0.100. The Labute approximate surface area is 137 Å². The minimum absolute atomic E-state index is 0.512. The smallest absolute Gasteiger partial charge is 0.226 e. The van der Waals surface area contributed by atoms with Gasteiger partial charge in [-0.15, -0.1) is 0 Å². The van der Waals surface area contributed by atoms with Gasteiger partial charge >= 0.3 is 0 Å². The van der Waals surface area contributed by atoms with E-state index in [1.807, 2.05) is 38.1 Å². The highest BCUT2D eigenvalue weighted by molar-refractivity contribution is 6.05. The first-order chi connectivity index (χ1) is 11.1. The number of aliphatic imine (C=N–C) groups is 1. The highest BCUT2D eigenvalue weighted by atomic mass is 16.5. The average Bonchev–Trinajstić information content (AvgIpc) is 2.86. The van der Waals surface area contributed by atoms with Gasteiger partial charge in [0, 0.05) is 29.1 Å². The number of ether oxygens (including phenoxy) is 1. The van der Waals surface area contributed by atoms with Crippen LogP contribution in [0.2, 0.25) is 0 Å². The van der Waals surface area contributed by atoms with Crippen LogP contribution in [0, 0.1) is 0 Å². The standard InChI is InChI=1S/C20H20N2O/c1-6-11-16-15(5)19(23-20(16)21-8-3)18(14(4)7-2)17-12-9-10-13-22-17/h6-13H,1-3H2,4-5H3/b16-11-,18-14-,21-20?. The Morgan fingerprint density at radius 2 is 2.04 bits per heavy atom. The van der Waals surface area contributed by atoms with Crippen LogP contribution in [-0.4, -0.2) is 10.9 Å². The summed E-state index contributed by atoms with van der Waals surface area (Å²) in [7, 11) is 0. The van der Waals surface area contributed by atoms with Crippen molar-refractivity contribution in [3.63, 3.8) is 0 Å². The summed E-state index contributed by atoms with van der Waals surface area (Å²) in [5.74, 6) is 1.24. The Morgan fingerprint density at radius 3 is 2.61 bits per heavy atom. The molecule has 0 radical (unpaired) electrons. The predicted octanol–water partition coefficient (Wildman–Crippen LogP) is 5.00. The fourth-order valence-electron chi connectivity index (χ4n) is 2.35. The molecule has 0 aromatic carbocycles. The number of nitrogens with zero attached hydrogens (tertiary/aromatic N) is 2. The van der Waals surface area contributed by atoms with E-state index in [9.17, 15) is 0 Å². The van der Waals surface area contributed by atoms with E-state index >= 15 is 0 Å². The SMILES string of the molecule is C=C/C=C1\C(=NC=C)OC(C(=C(/C)C=C)/c2ccccn2)=C1C. The summed E-state index contributed by atoms with van der Waals surface area (Å²) in [5, 5.41) is 0. The van der Waals surface area contributed by atoms with Gasteiger partial charge in [-0.25, -0.2) is 4.99 Å². The maximum atomic E-state index is 6.02. The molecule has 1 aliphatic heterocycles. The summed E-state index contributed by atoms with van der Waals surface area (Å²) in [4.78, 5) is 8.67. The first kappa shape index (κ1) is 16.4. The van der Waals surface area contributed by atoms with E-state index in [1.165, 1.54) is 6.20 Å².